The minimum absolute atomic E-state index is 0. The molecule has 4 heteroatoms. The summed E-state index contributed by atoms with van der Waals surface area (Å²) in [6, 6.07) is 16.3. The standard InChI is InChI=1S/C12H8Cl2Si.Li/c13-15(14)11-7-3-1-5-9(11)10-6-2-4-8-12(10)15;/h1-8H;. The van der Waals surface area contributed by atoms with Crippen molar-refractivity contribution < 1.29 is 0 Å². The van der Waals surface area contributed by atoms with Gasteiger partial charge in [0.25, 0.3) is 0 Å². The van der Waals surface area contributed by atoms with E-state index in [9.17, 15) is 0 Å². The predicted molar refractivity (Wildman–Crippen MR) is 74.4 cm³/mol. The van der Waals surface area contributed by atoms with E-state index in [1.165, 1.54) is 11.1 Å². The van der Waals surface area contributed by atoms with Gasteiger partial charge in [0.05, 0.1) is 0 Å². The monoisotopic (exact) mass is 257 g/mol. The molecular formula is C12H8Cl2LiSi. The van der Waals surface area contributed by atoms with Crippen molar-refractivity contribution in [2.75, 3.05) is 0 Å². The van der Waals surface area contributed by atoms with Gasteiger partial charge in [0.15, 0.2) is 0 Å². The van der Waals surface area contributed by atoms with Gasteiger partial charge in [0.2, 0.25) is 0 Å². The summed E-state index contributed by atoms with van der Waals surface area (Å²) in [5, 5.41) is 2.24. The van der Waals surface area contributed by atoms with E-state index in [1.807, 2.05) is 36.4 Å². The third-order valence-electron chi connectivity index (χ3n) is 2.82. The van der Waals surface area contributed by atoms with E-state index < -0.39 is 6.69 Å². The van der Waals surface area contributed by atoms with Crippen molar-refractivity contribution in [3.05, 3.63) is 48.5 Å². The summed E-state index contributed by atoms with van der Waals surface area (Å²) in [6.07, 6.45) is 0. The van der Waals surface area contributed by atoms with E-state index in [1.54, 1.807) is 0 Å². The molecule has 0 atom stereocenters. The molecule has 0 nitrogen and oxygen atoms in total. The van der Waals surface area contributed by atoms with Crippen LogP contribution < -0.4 is 10.4 Å². The van der Waals surface area contributed by atoms with Crippen molar-refractivity contribution in [3.8, 4) is 11.1 Å². The summed E-state index contributed by atoms with van der Waals surface area (Å²) in [5.41, 5.74) is 2.40. The maximum atomic E-state index is 6.53. The summed E-state index contributed by atoms with van der Waals surface area (Å²) >= 11 is 13.1. The van der Waals surface area contributed by atoms with Crippen molar-refractivity contribution in [1.29, 1.82) is 0 Å². The summed E-state index contributed by atoms with van der Waals surface area (Å²) in [4.78, 5) is 0. The van der Waals surface area contributed by atoms with Crippen molar-refractivity contribution in [2.45, 2.75) is 0 Å². The van der Waals surface area contributed by atoms with Gasteiger partial charge in [-0.3, -0.25) is 0 Å². The van der Waals surface area contributed by atoms with Gasteiger partial charge in [0.1, 0.15) is 0 Å². The first-order valence-corrected chi connectivity index (χ1v) is 8.81. The molecule has 0 N–H and O–H groups in total. The molecule has 3 rings (SSSR count). The first-order valence-electron chi connectivity index (χ1n) is 4.78. The molecule has 2 aromatic carbocycles. The Bertz CT molecular complexity index is 493. The molecule has 0 unspecified atom stereocenters. The van der Waals surface area contributed by atoms with Crippen molar-refractivity contribution in [2.24, 2.45) is 0 Å². The van der Waals surface area contributed by atoms with Gasteiger partial charge >= 0.3 is 6.69 Å². The largest absolute Gasteiger partial charge is 0.311 e. The van der Waals surface area contributed by atoms with Crippen LogP contribution in [0.3, 0.4) is 0 Å². The van der Waals surface area contributed by atoms with E-state index in [4.69, 9.17) is 22.2 Å². The van der Waals surface area contributed by atoms with Crippen LogP contribution in [-0.2, 0) is 0 Å². The molecule has 0 spiro atoms. The summed E-state index contributed by atoms with van der Waals surface area (Å²) in [7, 11) is 0. The molecule has 2 aromatic rings. The van der Waals surface area contributed by atoms with E-state index >= 15 is 0 Å². The molecule has 1 aliphatic rings. The predicted octanol–water partition coefficient (Wildman–Crippen LogP) is 2.32. The average molecular weight is 258 g/mol. The second-order valence-corrected chi connectivity index (χ2v) is 9.87. The van der Waals surface area contributed by atoms with Gasteiger partial charge in [-0.1, -0.05) is 48.5 Å². The quantitative estimate of drug-likeness (QED) is 0.502. The second kappa shape index (κ2) is 4.25. The Morgan fingerprint density at radius 2 is 1.06 bits per heavy atom. The molecule has 75 valence electrons. The summed E-state index contributed by atoms with van der Waals surface area (Å²) in [6.45, 7) is -2.44. The molecule has 0 bridgehead atoms. The Kier molecular flexibility index (Phi) is 3.27. The van der Waals surface area contributed by atoms with Crippen LogP contribution in [0.15, 0.2) is 48.5 Å². The molecule has 1 heterocycles. The van der Waals surface area contributed by atoms with Gasteiger partial charge in [-0.05, 0) is 21.5 Å². The summed E-state index contributed by atoms with van der Waals surface area (Å²) < 4.78 is 0. The third-order valence-corrected chi connectivity index (χ3v) is 7.49. The maximum absolute atomic E-state index is 6.53. The van der Waals surface area contributed by atoms with Crippen molar-refractivity contribution >= 4 is 58.1 Å². The van der Waals surface area contributed by atoms with Crippen molar-refractivity contribution in [3.63, 3.8) is 0 Å². The minimum Gasteiger partial charge on any atom is -0.134 e. The zero-order valence-corrected chi connectivity index (χ0v) is 11.4. The molecule has 0 amide bonds. The summed E-state index contributed by atoms with van der Waals surface area (Å²) in [5.74, 6) is 0. The van der Waals surface area contributed by atoms with Crippen LogP contribution in [0.2, 0.25) is 0 Å². The molecule has 1 aliphatic heterocycles. The number of hydrogen-bond donors (Lipinski definition) is 0. The number of fused-ring (bicyclic) bond motifs is 3. The molecule has 1 radical (unpaired) electrons. The molecule has 0 saturated heterocycles. The Morgan fingerprint density at radius 3 is 1.50 bits per heavy atom. The van der Waals surface area contributed by atoms with Gasteiger partial charge in [-0.25, -0.2) is 0 Å². The fourth-order valence-electron chi connectivity index (χ4n) is 2.13. The number of halogens is 2. The SMILES string of the molecule is Cl[Si]1(Cl)c2ccccc2-c2ccccc21.[Li]. The molecule has 0 aliphatic carbocycles. The first kappa shape index (κ1) is 12.3. The smallest absolute Gasteiger partial charge is 0.134 e. The molecule has 0 saturated carbocycles. The van der Waals surface area contributed by atoms with Crippen LogP contribution in [0, 0.1) is 0 Å². The Morgan fingerprint density at radius 1 is 0.688 bits per heavy atom. The fraction of sp³-hybridized carbons (Fsp3) is 0. The third kappa shape index (κ3) is 1.59. The minimum atomic E-state index is -2.44. The van der Waals surface area contributed by atoms with Crippen LogP contribution in [0.25, 0.3) is 11.1 Å². The molecule has 16 heavy (non-hydrogen) atoms. The Balaban J connectivity index is 0.000000963. The normalized spacial score (nSPS) is 14.9. The van der Waals surface area contributed by atoms with Gasteiger partial charge in [0, 0.05) is 18.9 Å². The topological polar surface area (TPSA) is 0 Å². The molecule has 0 aromatic heterocycles. The van der Waals surface area contributed by atoms with Crippen LogP contribution >= 0.6 is 22.2 Å². The van der Waals surface area contributed by atoms with Crippen LogP contribution in [0.4, 0.5) is 0 Å². The van der Waals surface area contributed by atoms with Crippen LogP contribution in [0.1, 0.15) is 0 Å². The Hall–Kier alpha value is -0.166. The van der Waals surface area contributed by atoms with E-state index in [2.05, 4.69) is 12.1 Å². The van der Waals surface area contributed by atoms with Gasteiger partial charge in [-0.15, -0.1) is 22.2 Å². The van der Waals surface area contributed by atoms with Crippen LogP contribution in [0.5, 0.6) is 0 Å². The van der Waals surface area contributed by atoms with Crippen molar-refractivity contribution in [1.82, 2.24) is 0 Å². The second-order valence-electron chi connectivity index (χ2n) is 3.67. The average Bonchev–Trinajstić information content (AvgIpc) is 2.51. The van der Waals surface area contributed by atoms with Crippen LogP contribution in [-0.4, -0.2) is 25.6 Å². The number of rotatable bonds is 0. The van der Waals surface area contributed by atoms with E-state index in [-0.39, 0.29) is 18.9 Å². The van der Waals surface area contributed by atoms with E-state index in [0.717, 1.165) is 10.4 Å². The molecule has 0 fully saturated rings. The maximum Gasteiger partial charge on any atom is 0.311 e. The molecular weight excluding hydrogens is 250 g/mol. The van der Waals surface area contributed by atoms with E-state index in [0.29, 0.717) is 0 Å². The van der Waals surface area contributed by atoms with Gasteiger partial charge < -0.3 is 0 Å². The zero-order chi connectivity index (χ0) is 10.5. The number of benzene rings is 2. The van der Waals surface area contributed by atoms with Gasteiger partial charge in [-0.2, -0.15) is 0 Å². The fourth-order valence-corrected chi connectivity index (χ4v) is 6.12. The Labute approximate surface area is 117 Å². The first-order chi connectivity index (χ1) is 7.21. The zero-order valence-electron chi connectivity index (χ0n) is 8.87. The number of hydrogen-bond acceptors (Lipinski definition) is 0.